The summed E-state index contributed by atoms with van der Waals surface area (Å²) >= 11 is 19.8. The van der Waals surface area contributed by atoms with Gasteiger partial charge in [0, 0.05) is 21.7 Å². The summed E-state index contributed by atoms with van der Waals surface area (Å²) in [7, 11) is 0. The van der Waals surface area contributed by atoms with E-state index in [2.05, 4.69) is 27.9 Å². The van der Waals surface area contributed by atoms with Gasteiger partial charge in [0.2, 0.25) is 0 Å². The summed E-state index contributed by atoms with van der Waals surface area (Å²) in [6.45, 7) is 0.344. The molecule has 8 heteroatoms. The normalized spacial score (nSPS) is 18.5. The second-order valence-corrected chi connectivity index (χ2v) is 10.1. The number of nitrogens with one attached hydrogen (secondary N) is 1. The summed E-state index contributed by atoms with van der Waals surface area (Å²) in [4.78, 5) is 14.7. The van der Waals surface area contributed by atoms with Crippen LogP contribution >= 0.6 is 58.0 Å². The van der Waals surface area contributed by atoms with Crippen LogP contribution in [0.15, 0.2) is 42.1 Å². The van der Waals surface area contributed by atoms with Crippen LogP contribution in [0.4, 0.5) is 0 Å². The van der Waals surface area contributed by atoms with E-state index in [1.807, 2.05) is 30.3 Å². The number of thiocarbonyl (C=S) groups is 1. The maximum Gasteiger partial charge on any atom is 0.276 e. The van der Waals surface area contributed by atoms with E-state index < -0.39 is 0 Å². The van der Waals surface area contributed by atoms with Gasteiger partial charge in [0.15, 0.2) is 5.11 Å². The first-order valence-electron chi connectivity index (χ1n) is 10.1. The Morgan fingerprint density at radius 2 is 1.94 bits per heavy atom. The molecule has 0 spiro atoms. The molecular formula is C23H21Cl2IN2O2S. The first kappa shape index (κ1) is 22.8. The highest BCUT2D eigenvalue weighted by atomic mass is 127. The third-order valence-corrected chi connectivity index (χ3v) is 7.24. The van der Waals surface area contributed by atoms with E-state index in [0.29, 0.717) is 27.5 Å². The van der Waals surface area contributed by atoms with Crippen molar-refractivity contribution in [2.45, 2.75) is 44.8 Å². The van der Waals surface area contributed by atoms with Crippen molar-refractivity contribution in [1.82, 2.24) is 10.2 Å². The molecule has 0 radical (unpaired) electrons. The first-order valence-corrected chi connectivity index (χ1v) is 12.4. The van der Waals surface area contributed by atoms with Gasteiger partial charge < -0.3 is 10.1 Å². The number of hydrogen-bond acceptors (Lipinski definition) is 3. The van der Waals surface area contributed by atoms with Crippen LogP contribution in [0.25, 0.3) is 6.08 Å². The molecule has 0 atom stereocenters. The lowest BCUT2D eigenvalue weighted by Gasteiger charge is -2.29. The van der Waals surface area contributed by atoms with Crippen LogP contribution in [0.1, 0.15) is 43.2 Å². The van der Waals surface area contributed by atoms with Crippen LogP contribution in [0.2, 0.25) is 10.0 Å². The number of ether oxygens (including phenoxy) is 1. The summed E-state index contributed by atoms with van der Waals surface area (Å²) in [6.07, 6.45) is 7.41. The number of benzene rings is 2. The van der Waals surface area contributed by atoms with Gasteiger partial charge in [0.25, 0.3) is 5.91 Å². The maximum atomic E-state index is 12.9. The second-order valence-electron chi connectivity index (χ2n) is 7.67. The van der Waals surface area contributed by atoms with E-state index in [1.165, 1.54) is 6.42 Å². The lowest BCUT2D eigenvalue weighted by molar-refractivity contribution is -0.124. The van der Waals surface area contributed by atoms with Gasteiger partial charge in [0.1, 0.15) is 18.1 Å². The standard InChI is InChI=1S/C23H21Cl2IN2O2S/c24-16-8-7-15(18(25)12-16)13-30-21-9-6-14(10-19(21)26)11-20-22(29)28(23(31)27-20)17-4-2-1-3-5-17/h6-12,17H,1-5,13H2,(H,27,31)/b20-11-. The Morgan fingerprint density at radius 1 is 1.16 bits per heavy atom. The van der Waals surface area contributed by atoms with Gasteiger partial charge in [-0.05, 0) is 83.6 Å². The molecule has 2 aromatic carbocycles. The predicted octanol–water partition coefficient (Wildman–Crippen LogP) is 6.57. The second kappa shape index (κ2) is 10.1. The molecular weight excluding hydrogens is 566 g/mol. The fourth-order valence-corrected chi connectivity index (χ4v) is 5.40. The number of nitrogens with zero attached hydrogens (tertiary/aromatic N) is 1. The summed E-state index contributed by atoms with van der Waals surface area (Å²) in [5.41, 5.74) is 2.29. The fourth-order valence-electron chi connectivity index (χ4n) is 3.90. The van der Waals surface area contributed by atoms with Crippen LogP contribution in [0.3, 0.4) is 0 Å². The predicted molar refractivity (Wildman–Crippen MR) is 137 cm³/mol. The van der Waals surface area contributed by atoms with Crippen LogP contribution in [0.5, 0.6) is 5.75 Å². The largest absolute Gasteiger partial charge is 0.488 e. The molecule has 1 N–H and O–H groups in total. The minimum atomic E-state index is -0.0374. The number of rotatable bonds is 5. The zero-order valence-corrected chi connectivity index (χ0v) is 21.2. The Bertz CT molecular complexity index is 1050. The van der Waals surface area contributed by atoms with E-state index in [0.717, 1.165) is 46.1 Å². The third kappa shape index (κ3) is 5.35. The molecule has 0 aromatic heterocycles. The van der Waals surface area contributed by atoms with Crippen LogP contribution in [0, 0.1) is 3.57 Å². The summed E-state index contributed by atoms with van der Waals surface area (Å²) in [6, 6.07) is 11.4. The summed E-state index contributed by atoms with van der Waals surface area (Å²) in [5, 5.41) is 4.78. The Morgan fingerprint density at radius 3 is 2.65 bits per heavy atom. The van der Waals surface area contributed by atoms with Gasteiger partial charge in [-0.25, -0.2) is 0 Å². The molecule has 0 unspecified atom stereocenters. The Kier molecular flexibility index (Phi) is 7.41. The molecule has 1 amide bonds. The lowest BCUT2D eigenvalue weighted by atomic mass is 9.94. The Labute approximate surface area is 211 Å². The molecule has 4 rings (SSSR count). The van der Waals surface area contributed by atoms with Gasteiger partial charge in [-0.3, -0.25) is 9.69 Å². The average Bonchev–Trinajstić information content (AvgIpc) is 3.02. The number of halogens is 3. The van der Waals surface area contributed by atoms with Crippen molar-refractivity contribution in [2.24, 2.45) is 0 Å². The Balaban J connectivity index is 1.45. The highest BCUT2D eigenvalue weighted by Gasteiger charge is 2.36. The van der Waals surface area contributed by atoms with Crippen molar-refractivity contribution >= 4 is 75.1 Å². The SMILES string of the molecule is O=C1/C(=C/c2ccc(OCc3ccc(Cl)cc3Cl)c(I)c2)NC(=S)N1C1CCCCC1. The van der Waals surface area contributed by atoms with Gasteiger partial charge in [-0.1, -0.05) is 54.6 Å². The van der Waals surface area contributed by atoms with Gasteiger partial charge >= 0.3 is 0 Å². The fraction of sp³-hybridized carbons (Fsp3) is 0.304. The molecule has 0 bridgehead atoms. The zero-order chi connectivity index (χ0) is 22.0. The molecule has 1 aliphatic carbocycles. The first-order chi connectivity index (χ1) is 14.9. The van der Waals surface area contributed by atoms with Gasteiger partial charge in [-0.2, -0.15) is 0 Å². The highest BCUT2D eigenvalue weighted by molar-refractivity contribution is 14.1. The quantitative estimate of drug-likeness (QED) is 0.244. The Hall–Kier alpha value is -1.35. The van der Waals surface area contributed by atoms with E-state index in [4.69, 9.17) is 40.2 Å². The average molecular weight is 587 g/mol. The molecule has 2 aromatic rings. The van der Waals surface area contributed by atoms with Crippen molar-refractivity contribution in [1.29, 1.82) is 0 Å². The molecule has 2 aliphatic rings. The van der Waals surface area contributed by atoms with E-state index in [-0.39, 0.29) is 11.9 Å². The maximum absolute atomic E-state index is 12.9. The van der Waals surface area contributed by atoms with Crippen LogP contribution in [-0.4, -0.2) is 22.0 Å². The lowest BCUT2D eigenvalue weighted by Crippen LogP contribution is -2.41. The molecule has 1 aliphatic heterocycles. The van der Waals surface area contributed by atoms with E-state index >= 15 is 0 Å². The van der Waals surface area contributed by atoms with Crippen molar-refractivity contribution in [2.75, 3.05) is 0 Å². The molecule has 2 fully saturated rings. The van der Waals surface area contributed by atoms with E-state index in [1.54, 1.807) is 17.0 Å². The monoisotopic (exact) mass is 586 g/mol. The molecule has 1 saturated heterocycles. The zero-order valence-electron chi connectivity index (χ0n) is 16.7. The van der Waals surface area contributed by atoms with Crippen LogP contribution < -0.4 is 10.1 Å². The molecule has 162 valence electrons. The number of amides is 1. The minimum Gasteiger partial charge on any atom is -0.488 e. The van der Waals surface area contributed by atoms with Gasteiger partial charge in [-0.15, -0.1) is 0 Å². The van der Waals surface area contributed by atoms with E-state index in [9.17, 15) is 4.79 Å². The van der Waals surface area contributed by atoms with Crippen LogP contribution in [-0.2, 0) is 11.4 Å². The van der Waals surface area contributed by atoms with Crippen molar-refractivity contribution in [3.05, 3.63) is 66.8 Å². The smallest absolute Gasteiger partial charge is 0.276 e. The third-order valence-electron chi connectivity index (χ3n) is 5.51. The van der Waals surface area contributed by atoms with Crippen molar-refractivity contribution < 1.29 is 9.53 Å². The van der Waals surface area contributed by atoms with Crippen molar-refractivity contribution in [3.63, 3.8) is 0 Å². The minimum absolute atomic E-state index is 0.0374. The number of carbonyl (C=O) groups is 1. The number of hydrogen-bond donors (Lipinski definition) is 1. The topological polar surface area (TPSA) is 41.6 Å². The number of carbonyl (C=O) groups excluding carboxylic acids is 1. The molecule has 31 heavy (non-hydrogen) atoms. The molecule has 1 heterocycles. The molecule has 4 nitrogen and oxygen atoms in total. The van der Waals surface area contributed by atoms with Crippen molar-refractivity contribution in [3.8, 4) is 5.75 Å². The summed E-state index contributed by atoms with van der Waals surface area (Å²) in [5.74, 6) is 0.712. The summed E-state index contributed by atoms with van der Waals surface area (Å²) < 4.78 is 6.87. The highest BCUT2D eigenvalue weighted by Crippen LogP contribution is 2.29. The van der Waals surface area contributed by atoms with Gasteiger partial charge in [0.05, 0.1) is 3.57 Å². The molecule has 1 saturated carbocycles.